The molecule has 10 nitrogen and oxygen atoms in total. The Morgan fingerprint density at radius 3 is 1.69 bits per heavy atom. The molecule has 0 unspecified atom stereocenters. The molecule has 303 valence electrons. The van der Waals surface area contributed by atoms with Crippen LogP contribution in [0.1, 0.15) is 54.1 Å². The summed E-state index contributed by atoms with van der Waals surface area (Å²) in [7, 11) is 3.58. The zero-order valence-corrected chi connectivity index (χ0v) is 39.1. The molecule has 4 aromatic heterocycles. The van der Waals surface area contributed by atoms with E-state index in [1.165, 1.54) is 31.1 Å². The number of hydrogen-bond acceptors (Lipinski definition) is 8. The lowest BCUT2D eigenvalue weighted by Gasteiger charge is -2.15. The average molecular weight is 1000 g/mol. The molecule has 0 bridgehead atoms. The van der Waals surface area contributed by atoms with E-state index in [0.717, 1.165) is 26.0 Å². The summed E-state index contributed by atoms with van der Waals surface area (Å²) in [5.74, 6) is 1.10. The van der Waals surface area contributed by atoms with Crippen LogP contribution >= 0.6 is 62.6 Å². The Kier molecular flexibility index (Phi) is 15.6. The van der Waals surface area contributed by atoms with E-state index in [9.17, 15) is 19.2 Å². The van der Waals surface area contributed by atoms with Gasteiger partial charge in [0, 0.05) is 75.7 Å². The van der Waals surface area contributed by atoms with Gasteiger partial charge in [0.2, 0.25) is 23.6 Å². The van der Waals surface area contributed by atoms with E-state index in [1.807, 2.05) is 64.1 Å². The van der Waals surface area contributed by atoms with Crippen LogP contribution in [0.25, 0.3) is 26.2 Å². The van der Waals surface area contributed by atoms with Crippen molar-refractivity contribution in [1.29, 1.82) is 0 Å². The molecule has 6 heterocycles. The first-order valence-corrected chi connectivity index (χ1v) is 20.5. The lowest BCUT2D eigenvalue weighted by Crippen LogP contribution is -2.26. The first-order valence-electron chi connectivity index (χ1n) is 18.1. The number of thiophene rings is 2. The minimum absolute atomic E-state index is 0. The number of nitrogens with one attached hydrogen (secondary N) is 2. The molecule has 0 spiro atoms. The molecule has 0 atom stereocenters. The summed E-state index contributed by atoms with van der Waals surface area (Å²) in [4.78, 5) is 61.5. The summed E-state index contributed by atoms with van der Waals surface area (Å²) in [6.07, 6.45) is 7.98. The summed E-state index contributed by atoms with van der Waals surface area (Å²) < 4.78 is 3.39. The van der Waals surface area contributed by atoms with E-state index in [-0.39, 0.29) is 56.0 Å². The Labute approximate surface area is 379 Å². The third-order valence-corrected chi connectivity index (χ3v) is 12.4. The van der Waals surface area contributed by atoms with Gasteiger partial charge in [-0.15, -0.1) is 46.7 Å². The van der Waals surface area contributed by atoms with Gasteiger partial charge in [0.05, 0.1) is 23.9 Å². The van der Waals surface area contributed by atoms with Crippen LogP contribution in [-0.2, 0) is 43.1 Å². The normalized spacial score (nSPS) is 13.9. The first-order chi connectivity index (χ1) is 27.1. The van der Waals surface area contributed by atoms with Gasteiger partial charge < -0.3 is 20.4 Å². The molecule has 2 aliphatic heterocycles. The fourth-order valence-electron chi connectivity index (χ4n) is 6.24. The van der Waals surface area contributed by atoms with Crippen molar-refractivity contribution < 1.29 is 19.2 Å². The molecule has 0 fully saturated rings. The van der Waals surface area contributed by atoms with Crippen molar-refractivity contribution in [2.24, 2.45) is 0 Å². The molecular weight excluding hydrogens is 958 g/mol. The summed E-state index contributed by atoms with van der Waals surface area (Å²) in [6, 6.07) is 24.6. The smallest absolute Gasteiger partial charge is 0.246 e. The van der Waals surface area contributed by atoms with Crippen molar-refractivity contribution in [2.45, 2.75) is 51.6 Å². The van der Waals surface area contributed by atoms with Gasteiger partial charge in [-0.25, -0.2) is 9.97 Å². The van der Waals surface area contributed by atoms with E-state index >= 15 is 0 Å². The molecule has 2 aliphatic rings. The summed E-state index contributed by atoms with van der Waals surface area (Å²) in [6.45, 7) is 12.2. The Morgan fingerprint density at radius 2 is 1.20 bits per heavy atom. The number of pyridine rings is 2. The third kappa shape index (κ3) is 10.7. The Bertz CT molecular complexity index is 2510. The van der Waals surface area contributed by atoms with Crippen LogP contribution in [0.5, 0.6) is 0 Å². The molecule has 0 aliphatic carbocycles. The number of carbonyl (C=O) groups is 4. The SMILES string of the molecule is C=CC(=O)N(C)Cc1cc2ccccc2s1.CC1(C)C(=O)Nc2ncc(Br)cc21.CN(Cc1cc2ccccc2s1)C(=O)/C=C/c1cnc2c(c1)C(C)(C)C(=O)N2.I.[B]. The molecule has 6 aromatic rings. The minimum atomic E-state index is -0.617. The van der Waals surface area contributed by atoms with Crippen molar-refractivity contribution in [1.82, 2.24) is 19.8 Å². The van der Waals surface area contributed by atoms with Gasteiger partial charge >= 0.3 is 0 Å². The van der Waals surface area contributed by atoms with E-state index < -0.39 is 10.8 Å². The maximum atomic E-state index is 12.5. The van der Waals surface area contributed by atoms with Crippen molar-refractivity contribution in [2.75, 3.05) is 24.7 Å². The van der Waals surface area contributed by atoms with Gasteiger partial charge in [-0.3, -0.25) is 19.2 Å². The van der Waals surface area contributed by atoms with Gasteiger partial charge in [0.1, 0.15) is 11.6 Å². The topological polar surface area (TPSA) is 125 Å². The standard InChI is InChI=1S/C22H21N3O2S.C13H13NOS.C9H9BrN2O.B.HI/c1-22(2)17-10-14(12-23-20(17)24-21(22)27)8-9-19(26)25(3)13-16-11-15-6-4-5-7-18(15)28-16;1-3-13(15)14(2)9-11-8-10-6-4-5-7-12(10)16-11;1-9(2)6-3-5(10)4-11-7(6)12-8(9)13;;/h4-12H,13H2,1-3H3,(H,23,24,27);3-8H,1,9H2,2H3;3-4H,1-2H3,(H,11,12,13);;1H/b9-8+;;;;. The van der Waals surface area contributed by atoms with Crippen LogP contribution in [0.3, 0.4) is 0 Å². The van der Waals surface area contributed by atoms with Crippen LogP contribution in [0, 0.1) is 0 Å². The predicted molar refractivity (Wildman–Crippen MR) is 256 cm³/mol. The molecule has 3 radical (unpaired) electrons. The largest absolute Gasteiger partial charge is 0.337 e. The average Bonchev–Trinajstić information content (AvgIpc) is 3.91. The third-order valence-electron chi connectivity index (χ3n) is 9.79. The summed E-state index contributed by atoms with van der Waals surface area (Å²) in [5.41, 5.74) is 1.52. The zero-order chi connectivity index (χ0) is 41.1. The van der Waals surface area contributed by atoms with Gasteiger partial charge in [-0.2, -0.15) is 0 Å². The van der Waals surface area contributed by atoms with E-state index in [1.54, 1.807) is 71.1 Å². The number of benzene rings is 2. The monoisotopic (exact) mass is 1000 g/mol. The molecular formula is C44H44BBrIN6O4S2. The number of fused-ring (bicyclic) bond motifs is 4. The molecule has 8 rings (SSSR count). The van der Waals surface area contributed by atoms with Crippen LogP contribution < -0.4 is 10.6 Å². The number of amides is 4. The zero-order valence-electron chi connectivity index (χ0n) is 33.5. The van der Waals surface area contributed by atoms with Gasteiger partial charge in [0.15, 0.2) is 0 Å². The quantitative estimate of drug-likeness (QED) is 0.0934. The second-order valence-corrected chi connectivity index (χ2v) is 18.1. The molecule has 2 N–H and O–H groups in total. The Morgan fingerprint density at radius 1 is 0.746 bits per heavy atom. The van der Waals surface area contributed by atoms with Crippen molar-refractivity contribution >= 4 is 133 Å². The number of anilines is 2. The number of hydrogen-bond donors (Lipinski definition) is 2. The van der Waals surface area contributed by atoms with E-state index in [4.69, 9.17) is 0 Å². The molecule has 15 heteroatoms. The molecule has 0 saturated carbocycles. The highest BCUT2D eigenvalue weighted by Crippen LogP contribution is 2.38. The van der Waals surface area contributed by atoms with Crippen LogP contribution in [0.2, 0.25) is 0 Å². The highest BCUT2D eigenvalue weighted by molar-refractivity contribution is 14.0. The summed E-state index contributed by atoms with van der Waals surface area (Å²) >= 11 is 6.76. The number of rotatable bonds is 7. The van der Waals surface area contributed by atoms with Crippen LogP contribution in [0.15, 0.2) is 108 Å². The molecule has 0 saturated heterocycles. The van der Waals surface area contributed by atoms with Gasteiger partial charge in [0.25, 0.3) is 0 Å². The number of aromatic nitrogens is 2. The molecule has 4 amide bonds. The van der Waals surface area contributed by atoms with Crippen LogP contribution in [0.4, 0.5) is 11.6 Å². The number of carbonyl (C=O) groups excluding carboxylic acids is 4. The number of nitrogens with zero attached hydrogens (tertiary/aromatic N) is 4. The van der Waals surface area contributed by atoms with Crippen LogP contribution in [-0.4, -0.2) is 65.9 Å². The molecule has 2 aromatic carbocycles. The highest BCUT2D eigenvalue weighted by Gasteiger charge is 2.40. The lowest BCUT2D eigenvalue weighted by molar-refractivity contribution is -0.125. The van der Waals surface area contributed by atoms with Crippen molar-refractivity contribution in [3.63, 3.8) is 0 Å². The maximum Gasteiger partial charge on any atom is 0.246 e. The Hall–Kier alpha value is -4.71. The van der Waals surface area contributed by atoms with E-state index in [2.05, 4.69) is 79.5 Å². The second-order valence-electron chi connectivity index (χ2n) is 14.8. The maximum absolute atomic E-state index is 12.5. The minimum Gasteiger partial charge on any atom is -0.337 e. The van der Waals surface area contributed by atoms with Crippen molar-refractivity contribution in [3.8, 4) is 0 Å². The predicted octanol–water partition coefficient (Wildman–Crippen LogP) is 9.55. The number of halogens is 2. The Balaban J connectivity index is 0.000000211. The second kappa shape index (κ2) is 19.6. The highest BCUT2D eigenvalue weighted by atomic mass is 127. The van der Waals surface area contributed by atoms with E-state index in [0.29, 0.717) is 24.7 Å². The number of likely N-dealkylation sites (N-methyl/N-ethyl adjacent to an activating group) is 2. The fourth-order valence-corrected chi connectivity index (χ4v) is 8.81. The van der Waals surface area contributed by atoms with Crippen molar-refractivity contribution in [3.05, 3.63) is 135 Å². The van der Waals surface area contributed by atoms with Gasteiger partial charge in [-0.05, 0) is 109 Å². The lowest BCUT2D eigenvalue weighted by atomic mass is 9.86. The first kappa shape index (κ1) is 47.0. The summed E-state index contributed by atoms with van der Waals surface area (Å²) in [5, 5.41) is 7.97. The molecule has 59 heavy (non-hydrogen) atoms. The van der Waals surface area contributed by atoms with Gasteiger partial charge in [-0.1, -0.05) is 43.0 Å². The fraction of sp³-hybridized carbons (Fsp3) is 0.227.